The van der Waals surface area contributed by atoms with Crippen molar-refractivity contribution in [1.82, 2.24) is 14.8 Å². The average molecular weight is 556 g/mol. The molecular formula is C35H29N3O4. The summed E-state index contributed by atoms with van der Waals surface area (Å²) >= 11 is 0. The van der Waals surface area contributed by atoms with Crippen LogP contribution in [0.1, 0.15) is 16.7 Å². The van der Waals surface area contributed by atoms with Gasteiger partial charge in [-0.05, 0) is 46.0 Å². The van der Waals surface area contributed by atoms with Gasteiger partial charge in [-0.25, -0.2) is 0 Å². The average Bonchev–Trinajstić information content (AvgIpc) is 3.35. The lowest BCUT2D eigenvalue weighted by Gasteiger charge is -2.12. The van der Waals surface area contributed by atoms with Gasteiger partial charge in [0.15, 0.2) is 0 Å². The number of carbonyl (C=O) groups is 1. The van der Waals surface area contributed by atoms with Gasteiger partial charge in [0, 0.05) is 18.5 Å². The predicted molar refractivity (Wildman–Crippen MR) is 162 cm³/mol. The molecule has 2 heterocycles. The van der Waals surface area contributed by atoms with E-state index in [1.807, 2.05) is 109 Å². The molecule has 0 radical (unpaired) electrons. The van der Waals surface area contributed by atoms with E-state index in [0.29, 0.717) is 25.0 Å². The molecule has 6 aromatic rings. The second-order valence-corrected chi connectivity index (χ2v) is 10.0. The molecule has 0 aliphatic heterocycles. The number of aliphatic carboxylic acids is 1. The molecule has 0 amide bonds. The van der Waals surface area contributed by atoms with Crippen LogP contribution in [0.5, 0.6) is 11.8 Å². The third-order valence-electron chi connectivity index (χ3n) is 7.03. The zero-order valence-electron chi connectivity index (χ0n) is 23.1. The lowest BCUT2D eigenvalue weighted by atomic mass is 10.0. The second kappa shape index (κ2) is 12.0. The van der Waals surface area contributed by atoms with Gasteiger partial charge in [-0.1, -0.05) is 91.0 Å². The molecule has 0 fully saturated rings. The first kappa shape index (κ1) is 26.8. The molecule has 1 N–H and O–H groups in total. The van der Waals surface area contributed by atoms with Gasteiger partial charge >= 0.3 is 5.97 Å². The Balaban J connectivity index is 1.33. The van der Waals surface area contributed by atoms with Crippen LogP contribution in [0.2, 0.25) is 0 Å². The molecule has 0 aliphatic rings. The summed E-state index contributed by atoms with van der Waals surface area (Å²) in [6, 6.07) is 37.5. The first-order valence-corrected chi connectivity index (χ1v) is 13.7. The van der Waals surface area contributed by atoms with E-state index in [0.717, 1.165) is 50.0 Å². The SMILES string of the molecule is Cn1nc(-c2ccc(OCc3ccccc3)nc2OCc2ccccc2)c2ccc(-c3ccc(CC(=O)O)cc3)cc21. The standard InChI is InChI=1S/C35H29N3O4/c1-38-31-21-28(27-14-12-24(13-15-27)20-33(39)40)16-17-29(31)34(37-38)30-18-19-32(41-22-25-8-4-2-5-9-25)36-35(30)42-23-26-10-6-3-7-11-26/h2-19,21H,20,22-23H2,1H3,(H,39,40). The number of benzene rings is 4. The van der Waals surface area contributed by atoms with Crippen molar-refractivity contribution >= 4 is 16.9 Å². The topological polar surface area (TPSA) is 86.5 Å². The molecule has 6 rings (SSSR count). The Hall–Kier alpha value is -5.43. The maximum absolute atomic E-state index is 11.0. The molecule has 0 unspecified atom stereocenters. The van der Waals surface area contributed by atoms with E-state index in [9.17, 15) is 4.79 Å². The van der Waals surface area contributed by atoms with Gasteiger partial charge in [-0.3, -0.25) is 9.48 Å². The van der Waals surface area contributed by atoms with Gasteiger partial charge in [0.2, 0.25) is 11.8 Å². The Kier molecular flexibility index (Phi) is 7.64. The summed E-state index contributed by atoms with van der Waals surface area (Å²) in [5, 5.41) is 14.9. The molecule has 7 heteroatoms. The van der Waals surface area contributed by atoms with Crippen molar-refractivity contribution in [2.75, 3.05) is 0 Å². The van der Waals surface area contributed by atoms with E-state index in [1.54, 1.807) is 0 Å². The van der Waals surface area contributed by atoms with Gasteiger partial charge in [0.1, 0.15) is 18.9 Å². The van der Waals surface area contributed by atoms with E-state index >= 15 is 0 Å². The fourth-order valence-electron chi connectivity index (χ4n) is 4.88. The molecule has 0 aliphatic carbocycles. The van der Waals surface area contributed by atoms with Gasteiger partial charge in [-0.15, -0.1) is 0 Å². The van der Waals surface area contributed by atoms with Crippen LogP contribution in [0.25, 0.3) is 33.3 Å². The lowest BCUT2D eigenvalue weighted by Crippen LogP contribution is -2.02. The van der Waals surface area contributed by atoms with E-state index in [2.05, 4.69) is 18.2 Å². The molecule has 0 bridgehead atoms. The van der Waals surface area contributed by atoms with Crippen LogP contribution >= 0.6 is 0 Å². The number of pyridine rings is 1. The van der Waals surface area contributed by atoms with Crippen molar-refractivity contribution in [2.45, 2.75) is 19.6 Å². The Morgan fingerprint density at radius 2 is 1.38 bits per heavy atom. The van der Waals surface area contributed by atoms with Crippen molar-refractivity contribution in [3.8, 4) is 34.1 Å². The Labute approximate surface area is 243 Å². The number of aryl methyl sites for hydroxylation is 1. The second-order valence-electron chi connectivity index (χ2n) is 10.0. The summed E-state index contributed by atoms with van der Waals surface area (Å²) < 4.78 is 14.1. The van der Waals surface area contributed by atoms with Gasteiger partial charge < -0.3 is 14.6 Å². The number of ether oxygens (including phenoxy) is 2. The first-order valence-electron chi connectivity index (χ1n) is 13.7. The largest absolute Gasteiger partial charge is 0.481 e. The van der Waals surface area contributed by atoms with Gasteiger partial charge in [0.25, 0.3) is 0 Å². The third-order valence-corrected chi connectivity index (χ3v) is 7.03. The first-order chi connectivity index (χ1) is 20.5. The molecule has 208 valence electrons. The Morgan fingerprint density at radius 1 is 0.738 bits per heavy atom. The van der Waals surface area contributed by atoms with Crippen molar-refractivity contribution in [3.63, 3.8) is 0 Å². The maximum Gasteiger partial charge on any atom is 0.307 e. The Bertz CT molecular complexity index is 1830. The number of hydrogen-bond acceptors (Lipinski definition) is 5. The summed E-state index contributed by atoms with van der Waals surface area (Å²) in [7, 11) is 1.92. The molecule has 4 aromatic carbocycles. The number of carboxylic acids is 1. The summed E-state index contributed by atoms with van der Waals surface area (Å²) in [4.78, 5) is 15.8. The van der Waals surface area contributed by atoms with Crippen LogP contribution < -0.4 is 9.47 Å². The zero-order valence-corrected chi connectivity index (χ0v) is 23.1. The van der Waals surface area contributed by atoms with Crippen LogP contribution in [-0.4, -0.2) is 25.8 Å². The van der Waals surface area contributed by atoms with Crippen molar-refractivity contribution in [1.29, 1.82) is 0 Å². The summed E-state index contributed by atoms with van der Waals surface area (Å²) in [6.45, 7) is 0.758. The highest BCUT2D eigenvalue weighted by molar-refractivity contribution is 5.96. The number of nitrogens with zero attached hydrogens (tertiary/aromatic N) is 3. The van der Waals surface area contributed by atoms with E-state index in [1.165, 1.54) is 0 Å². The van der Waals surface area contributed by atoms with E-state index < -0.39 is 5.97 Å². The third kappa shape index (κ3) is 6.00. The zero-order chi connectivity index (χ0) is 28.9. The van der Waals surface area contributed by atoms with Crippen LogP contribution in [-0.2, 0) is 31.5 Å². The van der Waals surface area contributed by atoms with Gasteiger partial charge in [0.05, 0.1) is 17.5 Å². The lowest BCUT2D eigenvalue weighted by molar-refractivity contribution is -0.136. The van der Waals surface area contributed by atoms with Crippen molar-refractivity contribution in [2.24, 2.45) is 7.05 Å². The molecule has 42 heavy (non-hydrogen) atoms. The molecule has 0 atom stereocenters. The molecule has 2 aromatic heterocycles. The quantitative estimate of drug-likeness (QED) is 0.194. The predicted octanol–water partition coefficient (Wildman–Crippen LogP) is 7.09. The van der Waals surface area contributed by atoms with Crippen LogP contribution in [0.3, 0.4) is 0 Å². The molecular weight excluding hydrogens is 526 g/mol. The number of fused-ring (bicyclic) bond motifs is 1. The highest BCUT2D eigenvalue weighted by Gasteiger charge is 2.18. The molecule has 0 spiro atoms. The highest BCUT2D eigenvalue weighted by Crippen LogP contribution is 2.36. The minimum Gasteiger partial charge on any atom is -0.481 e. The molecule has 0 saturated heterocycles. The number of hydrogen-bond donors (Lipinski definition) is 1. The molecule has 0 saturated carbocycles. The smallest absolute Gasteiger partial charge is 0.307 e. The maximum atomic E-state index is 11.0. The van der Waals surface area contributed by atoms with Crippen LogP contribution in [0.4, 0.5) is 0 Å². The van der Waals surface area contributed by atoms with E-state index in [4.69, 9.17) is 24.7 Å². The fourth-order valence-corrected chi connectivity index (χ4v) is 4.88. The number of carboxylic acid groups (broad SMARTS) is 1. The highest BCUT2D eigenvalue weighted by atomic mass is 16.5. The fraction of sp³-hybridized carbons (Fsp3) is 0.114. The summed E-state index contributed by atoms with van der Waals surface area (Å²) in [5.74, 6) is 0.0750. The van der Waals surface area contributed by atoms with E-state index in [-0.39, 0.29) is 6.42 Å². The van der Waals surface area contributed by atoms with Gasteiger partial charge in [-0.2, -0.15) is 10.1 Å². The summed E-state index contributed by atoms with van der Waals surface area (Å²) in [5.41, 5.74) is 7.36. The minimum absolute atomic E-state index is 0.00318. The van der Waals surface area contributed by atoms with Crippen molar-refractivity contribution < 1.29 is 19.4 Å². The normalized spacial score (nSPS) is 11.0. The molecule has 7 nitrogen and oxygen atoms in total. The Morgan fingerprint density at radius 3 is 2.05 bits per heavy atom. The monoisotopic (exact) mass is 555 g/mol. The number of rotatable bonds is 10. The van der Waals surface area contributed by atoms with Crippen LogP contribution in [0, 0.1) is 0 Å². The van der Waals surface area contributed by atoms with Crippen molar-refractivity contribution in [3.05, 3.63) is 132 Å². The summed E-state index contributed by atoms with van der Waals surface area (Å²) in [6.07, 6.45) is 0.00318. The van der Waals surface area contributed by atoms with Crippen LogP contribution in [0.15, 0.2) is 115 Å². The number of aromatic nitrogens is 3. The minimum atomic E-state index is -0.844.